The number of halogens is 2. The smallest absolute Gasteiger partial charge is 0.131 e. The summed E-state index contributed by atoms with van der Waals surface area (Å²) in [7, 11) is 0. The highest BCUT2D eigenvalue weighted by molar-refractivity contribution is 5.76. The van der Waals surface area contributed by atoms with Gasteiger partial charge in [-0.25, -0.2) is 8.78 Å². The zero-order chi connectivity index (χ0) is 13.8. The lowest BCUT2D eigenvalue weighted by molar-refractivity contribution is -0.118. The van der Waals surface area contributed by atoms with E-state index in [-0.39, 0.29) is 11.8 Å². The molecule has 1 aromatic carbocycles. The maximum absolute atomic E-state index is 13.2. The second kappa shape index (κ2) is 6.24. The maximum atomic E-state index is 13.2. The third-order valence-electron chi connectivity index (χ3n) is 3.58. The molecule has 0 amide bonds. The predicted octanol–water partition coefficient (Wildman–Crippen LogP) is 3.30. The number of ketones is 1. The van der Waals surface area contributed by atoms with Crippen LogP contribution in [0.4, 0.5) is 8.78 Å². The fraction of sp³-hybridized carbons (Fsp3) is 0.533. The van der Waals surface area contributed by atoms with Gasteiger partial charge in [0.25, 0.3) is 0 Å². The monoisotopic (exact) mass is 267 g/mol. The second-order valence-electron chi connectivity index (χ2n) is 5.30. The average Bonchev–Trinajstić information content (AvgIpc) is 2.29. The van der Waals surface area contributed by atoms with Crippen molar-refractivity contribution in [2.24, 2.45) is 0 Å². The van der Waals surface area contributed by atoms with Crippen LogP contribution in [0.2, 0.25) is 0 Å². The summed E-state index contributed by atoms with van der Waals surface area (Å²) in [6.45, 7) is 2.98. The molecular formula is C15H19F2NO. The van der Waals surface area contributed by atoms with Crippen LogP contribution in [-0.2, 0) is 11.3 Å². The van der Waals surface area contributed by atoms with Crippen LogP contribution in [-0.4, -0.2) is 23.3 Å². The number of carbonyl (C=O) groups excluding carboxylic acids is 1. The Balaban J connectivity index is 2.08. The van der Waals surface area contributed by atoms with Gasteiger partial charge in [0.15, 0.2) is 0 Å². The van der Waals surface area contributed by atoms with Crippen LogP contribution in [0.25, 0.3) is 0 Å². The van der Waals surface area contributed by atoms with Gasteiger partial charge in [-0.15, -0.1) is 0 Å². The Morgan fingerprint density at radius 2 is 1.95 bits per heavy atom. The molecule has 1 unspecified atom stereocenters. The van der Waals surface area contributed by atoms with Crippen LogP contribution in [0.3, 0.4) is 0 Å². The molecule has 0 spiro atoms. The van der Waals surface area contributed by atoms with E-state index in [4.69, 9.17) is 0 Å². The van der Waals surface area contributed by atoms with E-state index in [1.807, 2.05) is 0 Å². The van der Waals surface area contributed by atoms with Gasteiger partial charge >= 0.3 is 0 Å². The molecule has 0 radical (unpaired) electrons. The number of piperidine rings is 1. The van der Waals surface area contributed by atoms with Gasteiger partial charge in [0.1, 0.15) is 17.4 Å². The molecule has 1 heterocycles. The van der Waals surface area contributed by atoms with Crippen molar-refractivity contribution < 1.29 is 13.6 Å². The molecule has 2 rings (SSSR count). The van der Waals surface area contributed by atoms with Gasteiger partial charge in [0.05, 0.1) is 0 Å². The Morgan fingerprint density at radius 3 is 2.58 bits per heavy atom. The molecule has 0 aromatic heterocycles. The molecule has 0 N–H and O–H groups in total. The van der Waals surface area contributed by atoms with Crippen LogP contribution < -0.4 is 0 Å². The van der Waals surface area contributed by atoms with Crippen molar-refractivity contribution in [2.45, 2.75) is 45.2 Å². The highest BCUT2D eigenvalue weighted by Gasteiger charge is 2.23. The number of hydrogen-bond acceptors (Lipinski definition) is 2. The summed E-state index contributed by atoms with van der Waals surface area (Å²) in [4.78, 5) is 13.4. The lowest BCUT2D eigenvalue weighted by Gasteiger charge is -2.35. The summed E-state index contributed by atoms with van der Waals surface area (Å²) < 4.78 is 26.4. The third kappa shape index (κ3) is 4.10. The average molecular weight is 267 g/mol. The first-order valence-electron chi connectivity index (χ1n) is 6.73. The van der Waals surface area contributed by atoms with E-state index in [1.54, 1.807) is 6.92 Å². The number of rotatable bonds is 4. The first kappa shape index (κ1) is 14.1. The number of likely N-dealkylation sites (tertiary alicyclic amines) is 1. The van der Waals surface area contributed by atoms with E-state index in [2.05, 4.69) is 4.90 Å². The van der Waals surface area contributed by atoms with Crippen LogP contribution in [0.5, 0.6) is 0 Å². The van der Waals surface area contributed by atoms with E-state index >= 15 is 0 Å². The van der Waals surface area contributed by atoms with Gasteiger partial charge in [-0.05, 0) is 44.0 Å². The van der Waals surface area contributed by atoms with E-state index in [0.717, 1.165) is 31.9 Å². The molecular weight excluding hydrogens is 248 g/mol. The number of nitrogens with zero attached hydrogens (tertiary/aromatic N) is 1. The first-order valence-corrected chi connectivity index (χ1v) is 6.73. The van der Waals surface area contributed by atoms with Crippen LogP contribution >= 0.6 is 0 Å². The van der Waals surface area contributed by atoms with Crippen molar-refractivity contribution in [1.82, 2.24) is 4.90 Å². The van der Waals surface area contributed by atoms with Gasteiger partial charge in [0.2, 0.25) is 0 Å². The zero-order valence-corrected chi connectivity index (χ0v) is 11.2. The molecule has 1 aromatic rings. The Hall–Kier alpha value is -1.29. The number of Topliss-reactive ketones (excluding diaryl/α,β-unsaturated/α-hetero) is 1. The number of hydrogen-bond donors (Lipinski definition) is 0. The lowest BCUT2D eigenvalue weighted by atomic mass is 9.97. The van der Waals surface area contributed by atoms with Crippen LogP contribution in [0.15, 0.2) is 18.2 Å². The van der Waals surface area contributed by atoms with Crippen LogP contribution in [0, 0.1) is 11.6 Å². The highest BCUT2D eigenvalue weighted by atomic mass is 19.1. The van der Waals surface area contributed by atoms with E-state index < -0.39 is 11.6 Å². The van der Waals surface area contributed by atoms with Gasteiger partial charge in [-0.3, -0.25) is 9.69 Å². The highest BCUT2D eigenvalue weighted by Crippen LogP contribution is 2.22. The maximum Gasteiger partial charge on any atom is 0.131 e. The van der Waals surface area contributed by atoms with Gasteiger partial charge in [-0.1, -0.05) is 6.42 Å². The normalized spacial score (nSPS) is 20.5. The summed E-state index contributed by atoms with van der Waals surface area (Å²) >= 11 is 0. The topological polar surface area (TPSA) is 20.3 Å². The SMILES string of the molecule is CC(=O)CC1CCCCN1Cc1cc(F)cc(F)c1. The Kier molecular flexibility index (Phi) is 4.64. The molecule has 1 fully saturated rings. The molecule has 1 aliphatic rings. The predicted molar refractivity (Wildman–Crippen MR) is 69.7 cm³/mol. The largest absolute Gasteiger partial charge is 0.300 e. The minimum absolute atomic E-state index is 0.169. The van der Waals surface area contributed by atoms with E-state index in [1.165, 1.54) is 12.1 Å². The molecule has 1 saturated heterocycles. The molecule has 19 heavy (non-hydrogen) atoms. The molecule has 0 aliphatic carbocycles. The Labute approximate surface area is 112 Å². The molecule has 4 heteroatoms. The summed E-state index contributed by atoms with van der Waals surface area (Å²) in [6.07, 6.45) is 3.70. The summed E-state index contributed by atoms with van der Waals surface area (Å²) in [6, 6.07) is 3.82. The van der Waals surface area contributed by atoms with Gasteiger partial charge in [0, 0.05) is 25.1 Å². The first-order chi connectivity index (χ1) is 9.04. The summed E-state index contributed by atoms with van der Waals surface area (Å²) in [5, 5.41) is 0. The standard InChI is InChI=1S/C15H19F2NO/c1-11(19)6-15-4-2-3-5-18(15)10-12-7-13(16)9-14(17)8-12/h7-9,15H,2-6,10H2,1H3. The minimum Gasteiger partial charge on any atom is -0.300 e. The van der Waals surface area contributed by atoms with Crippen molar-refractivity contribution >= 4 is 5.78 Å². The van der Waals surface area contributed by atoms with E-state index in [9.17, 15) is 13.6 Å². The number of carbonyl (C=O) groups is 1. The molecule has 2 nitrogen and oxygen atoms in total. The molecule has 0 saturated carbocycles. The fourth-order valence-corrected chi connectivity index (χ4v) is 2.77. The second-order valence-corrected chi connectivity index (χ2v) is 5.30. The van der Waals surface area contributed by atoms with Crippen molar-refractivity contribution in [3.63, 3.8) is 0 Å². The zero-order valence-electron chi connectivity index (χ0n) is 11.2. The molecule has 1 atom stereocenters. The van der Waals surface area contributed by atoms with Crippen molar-refractivity contribution in [1.29, 1.82) is 0 Å². The van der Waals surface area contributed by atoms with Crippen molar-refractivity contribution in [3.05, 3.63) is 35.4 Å². The molecule has 1 aliphatic heterocycles. The lowest BCUT2D eigenvalue weighted by Crippen LogP contribution is -2.40. The summed E-state index contributed by atoms with van der Waals surface area (Å²) in [5.41, 5.74) is 0.632. The quantitative estimate of drug-likeness (QED) is 0.834. The Bertz CT molecular complexity index is 441. The molecule has 104 valence electrons. The van der Waals surface area contributed by atoms with Crippen molar-refractivity contribution in [2.75, 3.05) is 6.54 Å². The van der Waals surface area contributed by atoms with Gasteiger partial charge in [-0.2, -0.15) is 0 Å². The van der Waals surface area contributed by atoms with Crippen LogP contribution in [0.1, 0.15) is 38.2 Å². The fourth-order valence-electron chi connectivity index (χ4n) is 2.77. The Morgan fingerprint density at radius 1 is 1.26 bits per heavy atom. The van der Waals surface area contributed by atoms with Crippen molar-refractivity contribution in [3.8, 4) is 0 Å². The van der Waals surface area contributed by atoms with E-state index in [0.29, 0.717) is 18.5 Å². The third-order valence-corrected chi connectivity index (χ3v) is 3.58. The molecule has 0 bridgehead atoms. The summed E-state index contributed by atoms with van der Waals surface area (Å²) in [5.74, 6) is -0.924. The van der Waals surface area contributed by atoms with Gasteiger partial charge < -0.3 is 0 Å². The number of benzene rings is 1. The minimum atomic E-state index is -0.546.